The molecule has 0 bridgehead atoms. The first-order chi connectivity index (χ1) is 13.5. The van der Waals surface area contributed by atoms with Crippen LogP contribution in [0.2, 0.25) is 0 Å². The Morgan fingerprint density at radius 1 is 1.07 bits per heavy atom. The number of para-hydroxylation sites is 1. The summed E-state index contributed by atoms with van der Waals surface area (Å²) in [6.07, 6.45) is 1.60. The maximum Gasteiger partial charge on any atom is 0.357 e. The molecule has 1 aromatic heterocycles. The Kier molecular flexibility index (Phi) is 5.91. The van der Waals surface area contributed by atoms with Crippen molar-refractivity contribution in [2.24, 2.45) is 0 Å². The lowest BCUT2D eigenvalue weighted by atomic mass is 10.2. The monoisotopic (exact) mass is 377 g/mol. The third kappa shape index (κ3) is 4.67. The van der Waals surface area contributed by atoms with Gasteiger partial charge in [0.2, 0.25) is 0 Å². The number of carbonyl (C=O) groups excluding carboxylic acids is 2. The van der Waals surface area contributed by atoms with Crippen LogP contribution in [0.5, 0.6) is 0 Å². The zero-order valence-corrected chi connectivity index (χ0v) is 15.5. The lowest BCUT2D eigenvalue weighted by Gasteiger charge is -2.10. The van der Waals surface area contributed by atoms with E-state index < -0.39 is 18.5 Å². The normalized spacial score (nSPS) is 11.1. The van der Waals surface area contributed by atoms with E-state index in [1.165, 1.54) is 4.68 Å². The van der Waals surface area contributed by atoms with Gasteiger partial charge in [-0.2, -0.15) is 4.68 Å². The smallest absolute Gasteiger partial charge is 0.357 e. The summed E-state index contributed by atoms with van der Waals surface area (Å²) in [5, 5.41) is 13.9. The fraction of sp³-hybridized carbons (Fsp3) is 0.150. The molecule has 2 aromatic carbocycles. The number of aromatic nitrogens is 4. The van der Waals surface area contributed by atoms with Crippen LogP contribution in [0.25, 0.3) is 11.8 Å². The Hall–Kier alpha value is -3.81. The molecule has 0 radical (unpaired) electrons. The highest BCUT2D eigenvalue weighted by atomic mass is 16.5. The molecule has 1 amide bonds. The maximum atomic E-state index is 12.6. The molecule has 3 rings (SSSR count). The van der Waals surface area contributed by atoms with Gasteiger partial charge in [-0.1, -0.05) is 48.5 Å². The number of esters is 1. The molecule has 0 aliphatic carbocycles. The number of amides is 1. The minimum absolute atomic E-state index is 0.109. The van der Waals surface area contributed by atoms with Gasteiger partial charge in [0, 0.05) is 5.69 Å². The molecule has 0 fully saturated rings. The van der Waals surface area contributed by atoms with E-state index in [-0.39, 0.29) is 5.70 Å². The standard InChI is InChI=1S/C20H19N5O3/c1-14-8-6-7-11-17(14)21-19(26)13-28-20(27)18(25-15(2)22-23-24-25)12-16-9-4-3-5-10-16/h3-12H,13H2,1-2H3,(H,21,26)/b18-12-. The summed E-state index contributed by atoms with van der Waals surface area (Å²) in [6, 6.07) is 16.6. The van der Waals surface area contributed by atoms with Gasteiger partial charge in [-0.15, -0.1) is 5.10 Å². The Morgan fingerprint density at radius 3 is 2.46 bits per heavy atom. The first-order valence-corrected chi connectivity index (χ1v) is 8.59. The average molecular weight is 377 g/mol. The van der Waals surface area contributed by atoms with Crippen LogP contribution in [-0.4, -0.2) is 38.7 Å². The van der Waals surface area contributed by atoms with Crippen LogP contribution in [0.3, 0.4) is 0 Å². The van der Waals surface area contributed by atoms with Crippen molar-refractivity contribution in [3.63, 3.8) is 0 Å². The number of benzene rings is 2. The third-order valence-corrected chi connectivity index (χ3v) is 3.92. The quantitative estimate of drug-likeness (QED) is 0.523. The topological polar surface area (TPSA) is 99.0 Å². The zero-order chi connectivity index (χ0) is 19.9. The summed E-state index contributed by atoms with van der Waals surface area (Å²) in [4.78, 5) is 24.8. The van der Waals surface area contributed by atoms with E-state index in [1.807, 2.05) is 55.5 Å². The minimum Gasteiger partial charge on any atom is -0.451 e. The number of aryl methyl sites for hydroxylation is 2. The van der Waals surface area contributed by atoms with Crippen molar-refractivity contribution in [2.45, 2.75) is 13.8 Å². The lowest BCUT2D eigenvalue weighted by Crippen LogP contribution is -2.23. The average Bonchev–Trinajstić information content (AvgIpc) is 3.12. The van der Waals surface area contributed by atoms with Crippen molar-refractivity contribution < 1.29 is 14.3 Å². The van der Waals surface area contributed by atoms with E-state index in [9.17, 15) is 9.59 Å². The predicted molar refractivity (Wildman–Crippen MR) is 104 cm³/mol. The number of nitrogens with zero attached hydrogens (tertiary/aromatic N) is 4. The van der Waals surface area contributed by atoms with E-state index >= 15 is 0 Å². The van der Waals surface area contributed by atoms with E-state index in [2.05, 4.69) is 20.8 Å². The summed E-state index contributed by atoms with van der Waals surface area (Å²) in [5.74, 6) is -0.724. The second kappa shape index (κ2) is 8.72. The van der Waals surface area contributed by atoms with Gasteiger partial charge in [-0.3, -0.25) is 4.79 Å². The second-order valence-corrected chi connectivity index (χ2v) is 6.02. The second-order valence-electron chi connectivity index (χ2n) is 6.02. The van der Waals surface area contributed by atoms with Crippen molar-refractivity contribution in [3.8, 4) is 0 Å². The molecule has 0 saturated carbocycles. The number of tetrazole rings is 1. The van der Waals surface area contributed by atoms with Gasteiger partial charge in [0.25, 0.3) is 5.91 Å². The van der Waals surface area contributed by atoms with Crippen LogP contribution < -0.4 is 5.32 Å². The van der Waals surface area contributed by atoms with Crippen LogP contribution in [0, 0.1) is 13.8 Å². The number of hydrogen-bond donors (Lipinski definition) is 1. The van der Waals surface area contributed by atoms with Crippen LogP contribution in [0.15, 0.2) is 54.6 Å². The predicted octanol–water partition coefficient (Wildman–Crippen LogP) is 2.47. The molecule has 0 unspecified atom stereocenters. The van der Waals surface area contributed by atoms with Gasteiger partial charge in [0.05, 0.1) is 0 Å². The summed E-state index contributed by atoms with van der Waals surface area (Å²) in [6.45, 7) is 3.11. The Labute approximate surface area is 161 Å². The third-order valence-electron chi connectivity index (χ3n) is 3.92. The van der Waals surface area contributed by atoms with Crippen LogP contribution in [0.4, 0.5) is 5.69 Å². The molecular formula is C20H19N5O3. The summed E-state index contributed by atoms with van der Waals surface area (Å²) in [5.41, 5.74) is 2.46. The van der Waals surface area contributed by atoms with Crippen molar-refractivity contribution in [1.29, 1.82) is 0 Å². The molecule has 0 aliphatic heterocycles. The fourth-order valence-electron chi connectivity index (χ4n) is 2.47. The van der Waals surface area contributed by atoms with Crippen LogP contribution >= 0.6 is 0 Å². The SMILES string of the molecule is Cc1ccccc1NC(=O)COC(=O)/C(=C/c1ccccc1)n1nnnc1C. The molecule has 142 valence electrons. The number of nitrogens with one attached hydrogen (secondary N) is 1. The van der Waals surface area contributed by atoms with E-state index in [4.69, 9.17) is 4.74 Å². The van der Waals surface area contributed by atoms with Gasteiger partial charge in [0.15, 0.2) is 18.1 Å². The summed E-state index contributed by atoms with van der Waals surface area (Å²) < 4.78 is 6.47. The first-order valence-electron chi connectivity index (χ1n) is 8.59. The molecule has 1 N–H and O–H groups in total. The maximum absolute atomic E-state index is 12.6. The van der Waals surface area contributed by atoms with Crippen molar-refractivity contribution >= 4 is 29.3 Å². The highest BCUT2D eigenvalue weighted by Crippen LogP contribution is 2.15. The molecule has 0 spiro atoms. The lowest BCUT2D eigenvalue weighted by molar-refractivity contribution is -0.141. The molecule has 28 heavy (non-hydrogen) atoms. The molecule has 0 aliphatic rings. The first kappa shape index (κ1) is 19.0. The Bertz CT molecular complexity index is 1010. The number of ether oxygens (including phenoxy) is 1. The van der Waals surface area contributed by atoms with Crippen molar-refractivity contribution in [1.82, 2.24) is 20.2 Å². The molecule has 0 atom stereocenters. The minimum atomic E-state index is -0.709. The van der Waals surface area contributed by atoms with Gasteiger partial charge >= 0.3 is 5.97 Å². The molecule has 0 saturated heterocycles. The van der Waals surface area contributed by atoms with Crippen LogP contribution in [-0.2, 0) is 14.3 Å². The van der Waals surface area contributed by atoms with Crippen molar-refractivity contribution in [3.05, 3.63) is 71.5 Å². The summed E-state index contributed by atoms with van der Waals surface area (Å²) in [7, 11) is 0. The molecule has 8 nitrogen and oxygen atoms in total. The molecule has 1 heterocycles. The molecule has 8 heteroatoms. The van der Waals surface area contributed by atoms with Crippen LogP contribution in [0.1, 0.15) is 17.0 Å². The van der Waals surface area contributed by atoms with Crippen molar-refractivity contribution in [2.75, 3.05) is 11.9 Å². The van der Waals surface area contributed by atoms with Gasteiger partial charge in [-0.05, 0) is 47.5 Å². The Morgan fingerprint density at radius 2 is 1.79 bits per heavy atom. The van der Waals surface area contributed by atoms with E-state index in [0.717, 1.165) is 11.1 Å². The summed E-state index contributed by atoms with van der Waals surface area (Å²) >= 11 is 0. The van der Waals surface area contributed by atoms with Gasteiger partial charge in [0.1, 0.15) is 0 Å². The van der Waals surface area contributed by atoms with Gasteiger partial charge < -0.3 is 10.1 Å². The van der Waals surface area contributed by atoms with E-state index in [0.29, 0.717) is 11.5 Å². The largest absolute Gasteiger partial charge is 0.451 e. The van der Waals surface area contributed by atoms with Gasteiger partial charge in [-0.25, -0.2) is 4.79 Å². The zero-order valence-electron chi connectivity index (χ0n) is 15.5. The Balaban J connectivity index is 1.73. The number of anilines is 1. The highest BCUT2D eigenvalue weighted by Gasteiger charge is 2.19. The molecular weight excluding hydrogens is 358 g/mol. The molecule has 3 aromatic rings. The number of carbonyl (C=O) groups is 2. The fourth-order valence-corrected chi connectivity index (χ4v) is 2.47. The number of rotatable bonds is 6. The number of hydrogen-bond acceptors (Lipinski definition) is 6. The highest BCUT2D eigenvalue weighted by molar-refractivity contribution is 6.15. The van der Waals surface area contributed by atoms with E-state index in [1.54, 1.807) is 19.1 Å².